The lowest BCUT2D eigenvalue weighted by Gasteiger charge is -2.14. The maximum Gasteiger partial charge on any atom is 0.313 e. The number of carbonyl (C=O) groups is 1. The summed E-state index contributed by atoms with van der Waals surface area (Å²) in [6, 6.07) is 7.58. The van der Waals surface area contributed by atoms with E-state index in [1.54, 1.807) is 0 Å². The van der Waals surface area contributed by atoms with Crippen molar-refractivity contribution in [2.45, 2.75) is 39.7 Å². The summed E-state index contributed by atoms with van der Waals surface area (Å²) in [7, 11) is 0. The third-order valence-electron chi connectivity index (χ3n) is 2.37. The first kappa shape index (κ1) is 13.6. The minimum absolute atomic E-state index is 0.128. The maximum absolute atomic E-state index is 11.6. The first-order valence-electron chi connectivity index (χ1n) is 5.97. The van der Waals surface area contributed by atoms with Crippen molar-refractivity contribution < 1.29 is 14.3 Å². The Hall–Kier alpha value is -1.51. The zero-order valence-electron chi connectivity index (χ0n) is 10.9. The summed E-state index contributed by atoms with van der Waals surface area (Å²) in [5.41, 5.74) is 0.918. The fraction of sp³-hybridized carbons (Fsp3) is 0.500. The van der Waals surface area contributed by atoms with E-state index < -0.39 is 0 Å². The van der Waals surface area contributed by atoms with E-state index in [0.717, 1.165) is 11.3 Å². The molecule has 0 saturated carbocycles. The van der Waals surface area contributed by atoms with Crippen LogP contribution in [0.2, 0.25) is 0 Å². The van der Waals surface area contributed by atoms with Crippen molar-refractivity contribution in [3.63, 3.8) is 0 Å². The van der Waals surface area contributed by atoms with Crippen LogP contribution >= 0.6 is 0 Å². The van der Waals surface area contributed by atoms with Gasteiger partial charge in [-0.1, -0.05) is 12.1 Å². The van der Waals surface area contributed by atoms with Crippen LogP contribution in [-0.2, 0) is 9.53 Å². The van der Waals surface area contributed by atoms with E-state index in [2.05, 4.69) is 0 Å². The number of hydrogen-bond donors (Lipinski definition) is 0. The van der Waals surface area contributed by atoms with Crippen LogP contribution in [0.15, 0.2) is 24.3 Å². The summed E-state index contributed by atoms with van der Waals surface area (Å²) < 4.78 is 10.6. The summed E-state index contributed by atoms with van der Waals surface area (Å²) in [5, 5.41) is 0. The number of carbonyl (C=O) groups excluding carboxylic acids is 1. The second-order valence-electron chi connectivity index (χ2n) is 4.21. The Balaban J connectivity index is 2.80. The number of benzene rings is 1. The highest BCUT2D eigenvalue weighted by molar-refractivity contribution is 5.77. The van der Waals surface area contributed by atoms with Gasteiger partial charge in [0.25, 0.3) is 0 Å². The van der Waals surface area contributed by atoms with E-state index in [0.29, 0.717) is 6.61 Å². The summed E-state index contributed by atoms with van der Waals surface area (Å²) in [4.78, 5) is 11.6. The smallest absolute Gasteiger partial charge is 0.313 e. The Labute approximate surface area is 103 Å². The van der Waals surface area contributed by atoms with Gasteiger partial charge in [-0.2, -0.15) is 0 Å². The molecule has 0 spiro atoms. The van der Waals surface area contributed by atoms with Crippen molar-refractivity contribution in [2.75, 3.05) is 6.61 Å². The van der Waals surface area contributed by atoms with Crippen LogP contribution in [-0.4, -0.2) is 18.7 Å². The van der Waals surface area contributed by atoms with Gasteiger partial charge in [0.1, 0.15) is 5.75 Å². The molecule has 0 aliphatic carbocycles. The van der Waals surface area contributed by atoms with E-state index >= 15 is 0 Å². The molecule has 1 rings (SSSR count). The van der Waals surface area contributed by atoms with Gasteiger partial charge in [0.05, 0.1) is 18.6 Å². The Bertz CT molecular complexity index is 371. The van der Waals surface area contributed by atoms with Gasteiger partial charge in [-0.15, -0.1) is 0 Å². The van der Waals surface area contributed by atoms with Crippen LogP contribution in [0.4, 0.5) is 0 Å². The second-order valence-corrected chi connectivity index (χ2v) is 4.21. The van der Waals surface area contributed by atoms with Gasteiger partial charge < -0.3 is 9.47 Å². The van der Waals surface area contributed by atoms with Gasteiger partial charge in [-0.05, 0) is 45.4 Å². The van der Waals surface area contributed by atoms with Crippen LogP contribution < -0.4 is 4.74 Å². The van der Waals surface area contributed by atoms with Gasteiger partial charge in [-0.25, -0.2) is 0 Å². The highest BCUT2D eigenvalue weighted by Gasteiger charge is 2.16. The lowest BCUT2D eigenvalue weighted by atomic mass is 10.0. The molecule has 1 unspecified atom stereocenters. The first-order chi connectivity index (χ1) is 8.04. The SMILES string of the molecule is CCOC(=O)C(C)c1cccc(OC(C)C)c1. The van der Waals surface area contributed by atoms with E-state index in [4.69, 9.17) is 9.47 Å². The summed E-state index contributed by atoms with van der Waals surface area (Å²) in [6.45, 7) is 8.00. The van der Waals surface area contributed by atoms with Gasteiger partial charge in [-0.3, -0.25) is 4.79 Å². The molecule has 0 aliphatic heterocycles. The van der Waals surface area contributed by atoms with E-state index in [1.165, 1.54) is 0 Å². The number of ether oxygens (including phenoxy) is 2. The van der Waals surface area contributed by atoms with E-state index in [-0.39, 0.29) is 18.0 Å². The molecular formula is C14H20O3. The van der Waals surface area contributed by atoms with Gasteiger partial charge in [0.2, 0.25) is 0 Å². The first-order valence-corrected chi connectivity index (χ1v) is 5.97. The molecular weight excluding hydrogens is 216 g/mol. The molecule has 17 heavy (non-hydrogen) atoms. The molecule has 94 valence electrons. The summed E-state index contributed by atoms with van der Waals surface area (Å²) >= 11 is 0. The van der Waals surface area contributed by atoms with Crippen molar-refractivity contribution >= 4 is 5.97 Å². The van der Waals surface area contributed by atoms with Crippen LogP contribution in [0.5, 0.6) is 5.75 Å². The van der Waals surface area contributed by atoms with Gasteiger partial charge >= 0.3 is 5.97 Å². The topological polar surface area (TPSA) is 35.5 Å². The van der Waals surface area contributed by atoms with Crippen LogP contribution in [0, 0.1) is 0 Å². The highest BCUT2D eigenvalue weighted by atomic mass is 16.5. The molecule has 3 heteroatoms. The van der Waals surface area contributed by atoms with Gasteiger partial charge in [0.15, 0.2) is 0 Å². The molecule has 0 fully saturated rings. The Morgan fingerprint density at radius 3 is 2.59 bits per heavy atom. The standard InChI is InChI=1S/C14H20O3/c1-5-16-14(15)11(4)12-7-6-8-13(9-12)17-10(2)3/h6-11H,5H2,1-4H3. The Kier molecular flexibility index (Phi) is 5.01. The monoisotopic (exact) mass is 236 g/mol. The molecule has 3 nitrogen and oxygen atoms in total. The lowest BCUT2D eigenvalue weighted by molar-refractivity contribution is -0.144. The molecule has 0 N–H and O–H groups in total. The van der Waals surface area contributed by atoms with Crippen LogP contribution in [0.25, 0.3) is 0 Å². The molecule has 1 atom stereocenters. The molecule has 0 saturated heterocycles. The zero-order valence-corrected chi connectivity index (χ0v) is 10.9. The molecule has 0 amide bonds. The van der Waals surface area contributed by atoms with Crippen LogP contribution in [0.1, 0.15) is 39.2 Å². The highest BCUT2D eigenvalue weighted by Crippen LogP contribution is 2.22. The Morgan fingerprint density at radius 2 is 2.00 bits per heavy atom. The second kappa shape index (κ2) is 6.28. The van der Waals surface area contributed by atoms with Crippen molar-refractivity contribution in [1.29, 1.82) is 0 Å². The molecule has 1 aromatic carbocycles. The predicted octanol–water partition coefficient (Wildman–Crippen LogP) is 3.14. The number of esters is 1. The number of hydrogen-bond acceptors (Lipinski definition) is 3. The molecule has 0 heterocycles. The van der Waals surface area contributed by atoms with Crippen molar-refractivity contribution in [3.05, 3.63) is 29.8 Å². The fourth-order valence-corrected chi connectivity index (χ4v) is 1.53. The minimum atomic E-state index is -0.259. The molecule has 0 radical (unpaired) electrons. The third kappa shape index (κ3) is 4.10. The largest absolute Gasteiger partial charge is 0.491 e. The van der Waals surface area contributed by atoms with Crippen molar-refractivity contribution in [1.82, 2.24) is 0 Å². The molecule has 1 aromatic rings. The van der Waals surface area contributed by atoms with Crippen molar-refractivity contribution in [2.24, 2.45) is 0 Å². The lowest BCUT2D eigenvalue weighted by Crippen LogP contribution is -2.13. The maximum atomic E-state index is 11.6. The molecule has 0 aliphatic rings. The summed E-state index contributed by atoms with van der Waals surface area (Å²) in [6.07, 6.45) is 0.128. The van der Waals surface area contributed by atoms with Crippen molar-refractivity contribution in [3.8, 4) is 5.75 Å². The van der Waals surface area contributed by atoms with Gasteiger partial charge in [0, 0.05) is 0 Å². The van der Waals surface area contributed by atoms with E-state index in [1.807, 2.05) is 52.0 Å². The molecule has 0 aromatic heterocycles. The fourth-order valence-electron chi connectivity index (χ4n) is 1.53. The quantitative estimate of drug-likeness (QED) is 0.737. The predicted molar refractivity (Wildman–Crippen MR) is 67.3 cm³/mol. The van der Waals surface area contributed by atoms with E-state index in [9.17, 15) is 4.79 Å². The third-order valence-corrected chi connectivity index (χ3v) is 2.37. The molecule has 0 bridgehead atoms. The minimum Gasteiger partial charge on any atom is -0.491 e. The zero-order chi connectivity index (χ0) is 12.8. The average Bonchev–Trinajstić information content (AvgIpc) is 2.28. The number of rotatable bonds is 5. The van der Waals surface area contributed by atoms with Crippen LogP contribution in [0.3, 0.4) is 0 Å². The Morgan fingerprint density at radius 1 is 1.29 bits per heavy atom. The average molecular weight is 236 g/mol. The normalized spacial score (nSPS) is 12.3. The summed E-state index contributed by atoms with van der Waals surface area (Å²) in [5.74, 6) is 0.327.